The van der Waals surface area contributed by atoms with Crippen molar-refractivity contribution in [2.24, 2.45) is 0 Å². The monoisotopic (exact) mass is 259 g/mol. The van der Waals surface area contributed by atoms with Gasteiger partial charge < -0.3 is 5.32 Å². The zero-order valence-electron chi connectivity index (χ0n) is 10.5. The summed E-state index contributed by atoms with van der Waals surface area (Å²) in [7, 11) is 0. The molecule has 4 heteroatoms. The van der Waals surface area contributed by atoms with Crippen molar-refractivity contribution in [3.63, 3.8) is 0 Å². The number of hydrogen-bond acceptors (Lipinski definition) is 2. The average molecular weight is 259 g/mol. The van der Waals surface area contributed by atoms with Crippen LogP contribution in [0.15, 0.2) is 23.1 Å². The van der Waals surface area contributed by atoms with Crippen molar-refractivity contribution < 1.29 is 8.78 Å². The van der Waals surface area contributed by atoms with Gasteiger partial charge in [0.25, 0.3) is 0 Å². The van der Waals surface area contributed by atoms with Gasteiger partial charge in [-0.2, -0.15) is 0 Å². The highest BCUT2D eigenvalue weighted by atomic mass is 32.2. The summed E-state index contributed by atoms with van der Waals surface area (Å²) in [6.45, 7) is 7.23. The summed E-state index contributed by atoms with van der Waals surface area (Å²) >= 11 is 1.42. The number of benzene rings is 1. The van der Waals surface area contributed by atoms with E-state index in [9.17, 15) is 8.78 Å². The Labute approximate surface area is 106 Å². The second kappa shape index (κ2) is 6.36. The first-order valence-corrected chi connectivity index (χ1v) is 6.70. The lowest BCUT2D eigenvalue weighted by Crippen LogP contribution is -2.36. The fourth-order valence-corrected chi connectivity index (χ4v) is 2.18. The standard InChI is InChI=1S/C13H19F2NS/c1-13(2,3)16-7-4-8-17-12-6-5-10(14)9-11(12)15/h5-6,9,16H,4,7-8H2,1-3H3. The van der Waals surface area contributed by atoms with Crippen molar-refractivity contribution in [3.8, 4) is 0 Å². The first-order chi connectivity index (χ1) is 7.88. The highest BCUT2D eigenvalue weighted by molar-refractivity contribution is 7.99. The van der Waals surface area contributed by atoms with Gasteiger partial charge in [0.1, 0.15) is 11.6 Å². The van der Waals surface area contributed by atoms with Crippen molar-refractivity contribution in [1.82, 2.24) is 5.32 Å². The SMILES string of the molecule is CC(C)(C)NCCCSc1ccc(F)cc1F. The topological polar surface area (TPSA) is 12.0 Å². The molecule has 0 fully saturated rings. The molecule has 0 aliphatic heterocycles. The lowest BCUT2D eigenvalue weighted by molar-refractivity contribution is 0.427. The summed E-state index contributed by atoms with van der Waals surface area (Å²) in [6.07, 6.45) is 0.957. The molecule has 1 rings (SSSR count). The number of nitrogens with one attached hydrogen (secondary N) is 1. The highest BCUT2D eigenvalue weighted by Crippen LogP contribution is 2.22. The van der Waals surface area contributed by atoms with Crippen molar-refractivity contribution in [1.29, 1.82) is 0 Å². The van der Waals surface area contributed by atoms with Crippen LogP contribution < -0.4 is 5.32 Å². The molecule has 1 N–H and O–H groups in total. The fourth-order valence-electron chi connectivity index (χ4n) is 1.31. The lowest BCUT2D eigenvalue weighted by atomic mass is 10.1. The van der Waals surface area contributed by atoms with Crippen LogP contribution in [0.2, 0.25) is 0 Å². The summed E-state index contributed by atoms with van der Waals surface area (Å²) in [4.78, 5) is 0.516. The van der Waals surface area contributed by atoms with Gasteiger partial charge in [-0.1, -0.05) is 0 Å². The maximum Gasteiger partial charge on any atom is 0.139 e. The molecule has 1 aromatic carbocycles. The van der Waals surface area contributed by atoms with Gasteiger partial charge in [-0.3, -0.25) is 0 Å². The van der Waals surface area contributed by atoms with Crippen LogP contribution in [-0.4, -0.2) is 17.8 Å². The first-order valence-electron chi connectivity index (χ1n) is 5.71. The summed E-state index contributed by atoms with van der Waals surface area (Å²) in [5, 5.41) is 3.36. The van der Waals surface area contributed by atoms with Gasteiger partial charge in [0.15, 0.2) is 0 Å². The molecular formula is C13H19F2NS. The van der Waals surface area contributed by atoms with Crippen LogP contribution in [0.5, 0.6) is 0 Å². The molecule has 0 amide bonds. The van der Waals surface area contributed by atoms with Crippen LogP contribution in [0.4, 0.5) is 8.78 Å². The Morgan fingerprint density at radius 1 is 1.24 bits per heavy atom. The largest absolute Gasteiger partial charge is 0.312 e. The number of thioether (sulfide) groups is 1. The number of halogens is 2. The van der Waals surface area contributed by atoms with E-state index >= 15 is 0 Å². The van der Waals surface area contributed by atoms with E-state index in [2.05, 4.69) is 26.1 Å². The highest BCUT2D eigenvalue weighted by Gasteiger charge is 2.08. The minimum Gasteiger partial charge on any atom is -0.312 e. The van der Waals surface area contributed by atoms with Gasteiger partial charge in [0.05, 0.1) is 0 Å². The van der Waals surface area contributed by atoms with E-state index in [1.165, 1.54) is 23.9 Å². The maximum absolute atomic E-state index is 13.3. The van der Waals surface area contributed by atoms with Crippen LogP contribution in [-0.2, 0) is 0 Å². The van der Waals surface area contributed by atoms with Gasteiger partial charge in [-0.05, 0) is 51.6 Å². The normalized spacial score (nSPS) is 11.8. The third-order valence-electron chi connectivity index (χ3n) is 2.13. The van der Waals surface area contributed by atoms with Crippen molar-refractivity contribution in [3.05, 3.63) is 29.8 Å². The Bertz CT molecular complexity index is 361. The zero-order chi connectivity index (χ0) is 12.9. The van der Waals surface area contributed by atoms with Gasteiger partial charge >= 0.3 is 0 Å². The second-order valence-corrected chi connectivity index (χ2v) is 6.09. The van der Waals surface area contributed by atoms with Crippen molar-refractivity contribution in [2.75, 3.05) is 12.3 Å². The van der Waals surface area contributed by atoms with Crippen molar-refractivity contribution in [2.45, 2.75) is 37.6 Å². The molecule has 1 nitrogen and oxygen atoms in total. The molecule has 1 aromatic rings. The molecule has 0 radical (unpaired) electrons. The molecule has 0 spiro atoms. The Morgan fingerprint density at radius 2 is 1.94 bits per heavy atom. The third kappa shape index (κ3) is 6.03. The average Bonchev–Trinajstić information content (AvgIpc) is 2.18. The van der Waals surface area contributed by atoms with E-state index in [1.807, 2.05) is 0 Å². The zero-order valence-corrected chi connectivity index (χ0v) is 11.3. The van der Waals surface area contributed by atoms with Gasteiger partial charge in [0, 0.05) is 16.5 Å². The molecule has 0 saturated heterocycles. The quantitative estimate of drug-likeness (QED) is 0.637. The summed E-state index contributed by atoms with van der Waals surface area (Å²) in [5.41, 5.74) is 0.117. The first kappa shape index (κ1) is 14.5. The Kier molecular flexibility index (Phi) is 5.40. The minimum absolute atomic E-state index is 0.117. The Hall–Kier alpha value is -0.610. The third-order valence-corrected chi connectivity index (χ3v) is 3.26. The van der Waals surface area contributed by atoms with Crippen LogP contribution in [0.3, 0.4) is 0 Å². The van der Waals surface area contributed by atoms with Crippen LogP contribution in [0.1, 0.15) is 27.2 Å². The smallest absolute Gasteiger partial charge is 0.139 e. The molecule has 0 saturated carbocycles. The Balaban J connectivity index is 2.27. The van der Waals surface area contributed by atoms with E-state index in [-0.39, 0.29) is 5.54 Å². The summed E-state index contributed by atoms with van der Waals surface area (Å²) in [5.74, 6) is -0.175. The van der Waals surface area contributed by atoms with E-state index in [0.29, 0.717) is 4.90 Å². The molecule has 0 aliphatic rings. The maximum atomic E-state index is 13.3. The Morgan fingerprint density at radius 3 is 2.53 bits per heavy atom. The van der Waals surface area contributed by atoms with Crippen LogP contribution in [0, 0.1) is 11.6 Å². The van der Waals surface area contributed by atoms with Gasteiger partial charge in [-0.25, -0.2) is 8.78 Å². The molecular weight excluding hydrogens is 240 g/mol. The van der Waals surface area contributed by atoms with E-state index in [1.54, 1.807) is 0 Å². The number of hydrogen-bond donors (Lipinski definition) is 1. The predicted octanol–water partition coefficient (Wildman–Crippen LogP) is 3.84. The second-order valence-electron chi connectivity index (χ2n) is 4.95. The fraction of sp³-hybridized carbons (Fsp3) is 0.538. The molecule has 0 heterocycles. The molecule has 0 bridgehead atoms. The van der Waals surface area contributed by atoms with E-state index in [4.69, 9.17) is 0 Å². The minimum atomic E-state index is -0.527. The molecule has 17 heavy (non-hydrogen) atoms. The molecule has 0 aliphatic carbocycles. The van der Waals surface area contributed by atoms with Crippen LogP contribution in [0.25, 0.3) is 0 Å². The number of rotatable bonds is 5. The molecule has 0 unspecified atom stereocenters. The lowest BCUT2D eigenvalue weighted by Gasteiger charge is -2.20. The van der Waals surface area contributed by atoms with E-state index in [0.717, 1.165) is 24.8 Å². The predicted molar refractivity (Wildman–Crippen MR) is 69.5 cm³/mol. The van der Waals surface area contributed by atoms with Gasteiger partial charge in [-0.15, -0.1) is 11.8 Å². The molecule has 0 atom stereocenters. The van der Waals surface area contributed by atoms with Crippen LogP contribution >= 0.6 is 11.8 Å². The van der Waals surface area contributed by atoms with Gasteiger partial charge in [0.2, 0.25) is 0 Å². The summed E-state index contributed by atoms with van der Waals surface area (Å²) < 4.78 is 25.9. The van der Waals surface area contributed by atoms with Crippen molar-refractivity contribution >= 4 is 11.8 Å². The summed E-state index contributed by atoms with van der Waals surface area (Å²) in [6, 6.07) is 3.71. The van der Waals surface area contributed by atoms with E-state index < -0.39 is 11.6 Å². The molecule has 96 valence electrons. The molecule has 0 aromatic heterocycles.